The Kier molecular flexibility index (Phi) is 5.70. The molecule has 0 saturated heterocycles. The van der Waals surface area contributed by atoms with Crippen molar-refractivity contribution < 1.29 is 18.0 Å². The molecular weight excluding hydrogens is 374 g/mol. The van der Waals surface area contributed by atoms with Gasteiger partial charge in [0, 0.05) is 6.54 Å². The average molecular weight is 390 g/mol. The Hall–Kier alpha value is -2.94. The highest BCUT2D eigenvalue weighted by Crippen LogP contribution is 2.27. The van der Waals surface area contributed by atoms with Crippen molar-refractivity contribution in [3.63, 3.8) is 0 Å². The topological polar surface area (TPSA) is 73.0 Å². The fourth-order valence-corrected chi connectivity index (χ4v) is 3.18. The number of furan rings is 1. The molecule has 9 heteroatoms. The molecule has 6 nitrogen and oxygen atoms in total. The Labute approximate surface area is 158 Å². The number of hydrogen-bond donors (Lipinski definition) is 1. The monoisotopic (exact) mass is 390 g/mol. The van der Waals surface area contributed by atoms with Gasteiger partial charge in [0.2, 0.25) is 5.91 Å². The summed E-state index contributed by atoms with van der Waals surface area (Å²) in [5.74, 6) is -1.03. The van der Waals surface area contributed by atoms with Gasteiger partial charge in [-0.15, -0.1) is 16.8 Å². The van der Waals surface area contributed by atoms with Crippen LogP contribution in [0.2, 0.25) is 0 Å². The van der Waals surface area contributed by atoms with Crippen molar-refractivity contribution in [2.75, 3.05) is 11.1 Å². The molecule has 0 bridgehead atoms. The van der Waals surface area contributed by atoms with Crippen LogP contribution in [0.3, 0.4) is 0 Å². The lowest BCUT2D eigenvalue weighted by molar-refractivity contribution is -0.113. The van der Waals surface area contributed by atoms with Crippen LogP contribution in [0.15, 0.2) is 52.8 Å². The summed E-state index contributed by atoms with van der Waals surface area (Å²) >= 11 is 1.10. The smallest absolute Gasteiger partial charge is 0.235 e. The summed E-state index contributed by atoms with van der Waals surface area (Å²) in [4.78, 5) is 12.1. The van der Waals surface area contributed by atoms with Gasteiger partial charge >= 0.3 is 0 Å². The van der Waals surface area contributed by atoms with Crippen LogP contribution in [0.4, 0.5) is 14.5 Å². The number of carbonyl (C=O) groups excluding carboxylic acids is 1. The van der Waals surface area contributed by atoms with Crippen molar-refractivity contribution in [3.05, 3.63) is 60.6 Å². The van der Waals surface area contributed by atoms with Gasteiger partial charge in [0.15, 0.2) is 11.0 Å². The number of para-hydroxylation sites is 1. The summed E-state index contributed by atoms with van der Waals surface area (Å²) in [6.07, 6.45) is 3.24. The van der Waals surface area contributed by atoms with Gasteiger partial charge in [-0.05, 0) is 25.1 Å². The number of aromatic nitrogens is 3. The minimum Gasteiger partial charge on any atom is -0.469 e. The third-order valence-corrected chi connectivity index (χ3v) is 4.65. The molecular formula is C18H16F2N4O2S. The molecule has 27 heavy (non-hydrogen) atoms. The first kappa shape index (κ1) is 18.8. The van der Waals surface area contributed by atoms with Gasteiger partial charge in [0.1, 0.15) is 23.1 Å². The molecule has 0 fully saturated rings. The lowest BCUT2D eigenvalue weighted by Gasteiger charge is -2.08. The molecule has 1 aromatic carbocycles. The number of nitrogens with zero attached hydrogens (tertiary/aromatic N) is 3. The Morgan fingerprint density at radius 3 is 2.70 bits per heavy atom. The highest BCUT2D eigenvalue weighted by atomic mass is 32.2. The number of halogens is 2. The second-order valence-electron chi connectivity index (χ2n) is 5.53. The fraction of sp³-hybridized carbons (Fsp3) is 0.167. The molecule has 3 rings (SSSR count). The van der Waals surface area contributed by atoms with Crippen LogP contribution in [0.5, 0.6) is 0 Å². The normalized spacial score (nSPS) is 10.8. The van der Waals surface area contributed by atoms with Gasteiger partial charge in [-0.1, -0.05) is 23.9 Å². The fourth-order valence-electron chi connectivity index (χ4n) is 2.43. The molecule has 1 amide bonds. The first-order valence-electron chi connectivity index (χ1n) is 7.96. The first-order valence-corrected chi connectivity index (χ1v) is 8.95. The largest absolute Gasteiger partial charge is 0.469 e. The number of nitrogens with one attached hydrogen (secondary N) is 1. The predicted octanol–water partition coefficient (Wildman–Crippen LogP) is 4.04. The average Bonchev–Trinajstić information content (AvgIpc) is 3.23. The molecule has 2 aromatic heterocycles. The number of anilines is 1. The molecule has 0 radical (unpaired) electrons. The zero-order valence-corrected chi connectivity index (χ0v) is 15.2. The number of aryl methyl sites for hydroxylation is 1. The Balaban J connectivity index is 1.74. The quantitative estimate of drug-likeness (QED) is 0.487. The Morgan fingerprint density at radius 2 is 2.07 bits per heavy atom. The second kappa shape index (κ2) is 8.17. The number of thioether (sulfide) groups is 1. The van der Waals surface area contributed by atoms with Crippen LogP contribution in [0.1, 0.15) is 5.76 Å². The molecule has 0 aliphatic carbocycles. The van der Waals surface area contributed by atoms with Crippen molar-refractivity contribution >= 4 is 23.4 Å². The molecule has 0 atom stereocenters. The van der Waals surface area contributed by atoms with Crippen LogP contribution < -0.4 is 5.32 Å². The van der Waals surface area contributed by atoms with Crippen LogP contribution in [0, 0.1) is 18.6 Å². The molecule has 0 unspecified atom stereocenters. The summed E-state index contributed by atoms with van der Waals surface area (Å²) in [6.45, 7) is 5.96. The number of carbonyl (C=O) groups is 1. The van der Waals surface area contributed by atoms with Gasteiger partial charge in [0.25, 0.3) is 0 Å². The van der Waals surface area contributed by atoms with E-state index in [4.69, 9.17) is 4.42 Å². The van der Waals surface area contributed by atoms with E-state index in [0.29, 0.717) is 23.3 Å². The summed E-state index contributed by atoms with van der Waals surface area (Å²) in [7, 11) is 0. The third-order valence-electron chi connectivity index (χ3n) is 3.69. The van der Waals surface area contributed by atoms with Crippen molar-refractivity contribution in [3.8, 4) is 11.4 Å². The maximum atomic E-state index is 13.6. The third kappa shape index (κ3) is 4.08. The maximum Gasteiger partial charge on any atom is 0.235 e. The summed E-state index contributed by atoms with van der Waals surface area (Å²) in [5, 5.41) is 11.0. The number of allylic oxidation sites excluding steroid dienone is 1. The van der Waals surface area contributed by atoms with Crippen molar-refractivity contribution in [1.82, 2.24) is 14.8 Å². The Morgan fingerprint density at radius 1 is 1.33 bits per heavy atom. The van der Waals surface area contributed by atoms with Gasteiger partial charge in [-0.25, -0.2) is 8.78 Å². The summed E-state index contributed by atoms with van der Waals surface area (Å²) in [5.41, 5.74) is 0.319. The van der Waals surface area contributed by atoms with E-state index in [9.17, 15) is 13.6 Å². The minimum atomic E-state index is -0.833. The summed E-state index contributed by atoms with van der Waals surface area (Å²) < 4.78 is 34.3. The number of benzene rings is 1. The Bertz CT molecular complexity index is 963. The lowest BCUT2D eigenvalue weighted by Crippen LogP contribution is -2.16. The molecule has 2 heterocycles. The summed E-state index contributed by atoms with van der Waals surface area (Å²) in [6, 6.07) is 5.16. The van der Waals surface area contributed by atoms with Crippen molar-refractivity contribution in [2.45, 2.75) is 18.6 Å². The molecule has 3 aromatic rings. The van der Waals surface area contributed by atoms with Crippen LogP contribution >= 0.6 is 11.8 Å². The van der Waals surface area contributed by atoms with Crippen LogP contribution in [-0.2, 0) is 11.3 Å². The number of hydrogen-bond acceptors (Lipinski definition) is 5. The standard InChI is InChI=1S/C18H16F2N4O2S/c1-3-8-24-17(12-7-9-26-11(12)2)22-23-18(24)27-10-15(25)21-16-13(19)5-4-6-14(16)20/h3-7,9H,1,8,10H2,2H3,(H,21,25). The van der Waals surface area contributed by atoms with E-state index in [-0.39, 0.29) is 5.75 Å². The number of rotatable bonds is 7. The van der Waals surface area contributed by atoms with E-state index in [1.807, 2.05) is 6.92 Å². The van der Waals surface area contributed by atoms with Gasteiger partial charge in [-0.3, -0.25) is 9.36 Å². The SMILES string of the molecule is C=CCn1c(SCC(=O)Nc2c(F)cccc2F)nnc1-c1ccoc1C. The van der Waals surface area contributed by atoms with Gasteiger partial charge in [-0.2, -0.15) is 0 Å². The zero-order valence-electron chi connectivity index (χ0n) is 14.4. The van der Waals surface area contributed by atoms with Gasteiger partial charge < -0.3 is 9.73 Å². The van der Waals surface area contributed by atoms with E-state index in [0.717, 1.165) is 29.5 Å². The highest BCUT2D eigenvalue weighted by Gasteiger charge is 2.18. The van der Waals surface area contributed by atoms with E-state index in [1.165, 1.54) is 6.07 Å². The molecule has 0 aliphatic heterocycles. The highest BCUT2D eigenvalue weighted by molar-refractivity contribution is 7.99. The van der Waals surface area contributed by atoms with Crippen LogP contribution in [-0.4, -0.2) is 26.4 Å². The molecule has 140 valence electrons. The second-order valence-corrected chi connectivity index (χ2v) is 6.47. The molecule has 0 saturated carbocycles. The van der Waals surface area contributed by atoms with E-state index >= 15 is 0 Å². The molecule has 0 spiro atoms. The number of amides is 1. The van der Waals surface area contributed by atoms with Crippen molar-refractivity contribution in [1.29, 1.82) is 0 Å². The molecule has 1 N–H and O–H groups in total. The first-order chi connectivity index (χ1) is 13.0. The molecule has 0 aliphatic rings. The zero-order chi connectivity index (χ0) is 19.4. The minimum absolute atomic E-state index is 0.0899. The van der Waals surface area contributed by atoms with Crippen LogP contribution in [0.25, 0.3) is 11.4 Å². The predicted molar refractivity (Wildman–Crippen MR) is 98.4 cm³/mol. The van der Waals surface area contributed by atoms with Crippen molar-refractivity contribution in [2.24, 2.45) is 0 Å². The van der Waals surface area contributed by atoms with Gasteiger partial charge in [0.05, 0.1) is 17.6 Å². The van der Waals surface area contributed by atoms with E-state index in [1.54, 1.807) is 23.0 Å². The lowest BCUT2D eigenvalue weighted by atomic mass is 10.2. The van der Waals surface area contributed by atoms with E-state index in [2.05, 4.69) is 22.1 Å². The maximum absolute atomic E-state index is 13.6. The van der Waals surface area contributed by atoms with E-state index < -0.39 is 23.2 Å².